The lowest BCUT2D eigenvalue weighted by Crippen LogP contribution is -2.41. The zero-order valence-corrected chi connectivity index (χ0v) is 18.0. The Morgan fingerprint density at radius 2 is 1.97 bits per heavy atom. The number of nitrogens with one attached hydrogen (secondary N) is 3. The minimum Gasteiger partial charge on any atom is -0.381 e. The smallest absolute Gasteiger partial charge is 0.252 e. The summed E-state index contributed by atoms with van der Waals surface area (Å²) in [6.45, 7) is 7.78. The van der Waals surface area contributed by atoms with Crippen molar-refractivity contribution in [3.8, 4) is 0 Å². The van der Waals surface area contributed by atoms with Gasteiger partial charge in [-0.25, -0.2) is 0 Å². The Hall–Kier alpha value is -1.83. The maximum Gasteiger partial charge on any atom is 0.252 e. The van der Waals surface area contributed by atoms with E-state index in [1.165, 1.54) is 0 Å². The van der Waals surface area contributed by atoms with Gasteiger partial charge in [0.15, 0.2) is 5.96 Å². The van der Waals surface area contributed by atoms with Crippen molar-refractivity contribution in [2.24, 2.45) is 10.9 Å². The number of hydrogen-bond donors (Lipinski definition) is 3. The molecule has 1 fully saturated rings. The maximum atomic E-state index is 12.1. The van der Waals surface area contributed by atoms with E-state index in [4.69, 9.17) is 21.1 Å². The third-order valence-corrected chi connectivity index (χ3v) is 4.91. The van der Waals surface area contributed by atoms with Crippen LogP contribution in [0, 0.1) is 5.92 Å². The lowest BCUT2D eigenvalue weighted by atomic mass is 10.0. The third-order valence-electron chi connectivity index (χ3n) is 4.58. The standard InChI is InChI=1S/C21H33ClN4O3/c1-2-23-21(25-10-5-13-29-16-17-8-14-28-15-9-17)26-12-11-24-20(27)18-6-3-4-7-19(18)22/h3-4,6-7,17H,2,5,8-16H2,1H3,(H,24,27)(H2,23,25,26). The Bertz CT molecular complexity index is 636. The van der Waals surface area contributed by atoms with Gasteiger partial charge in [-0.15, -0.1) is 0 Å². The summed E-state index contributed by atoms with van der Waals surface area (Å²) in [6.07, 6.45) is 3.07. The fourth-order valence-electron chi connectivity index (χ4n) is 2.96. The molecule has 0 spiro atoms. The van der Waals surface area contributed by atoms with Crippen LogP contribution in [-0.4, -0.2) is 64.5 Å². The van der Waals surface area contributed by atoms with E-state index >= 15 is 0 Å². The summed E-state index contributed by atoms with van der Waals surface area (Å²) >= 11 is 6.04. The number of hydrogen-bond acceptors (Lipinski definition) is 4. The molecule has 1 aromatic carbocycles. The molecule has 0 aliphatic carbocycles. The molecule has 8 heteroatoms. The van der Waals surface area contributed by atoms with E-state index in [1.54, 1.807) is 24.3 Å². The van der Waals surface area contributed by atoms with E-state index in [2.05, 4.69) is 20.9 Å². The number of carbonyl (C=O) groups is 1. The van der Waals surface area contributed by atoms with Crippen molar-refractivity contribution in [1.82, 2.24) is 16.0 Å². The molecule has 0 unspecified atom stereocenters. The topological polar surface area (TPSA) is 84.0 Å². The zero-order chi connectivity index (χ0) is 20.7. The highest BCUT2D eigenvalue weighted by atomic mass is 35.5. The van der Waals surface area contributed by atoms with Crippen molar-refractivity contribution in [2.75, 3.05) is 52.6 Å². The highest BCUT2D eigenvalue weighted by Crippen LogP contribution is 2.15. The molecule has 0 radical (unpaired) electrons. The predicted molar refractivity (Wildman–Crippen MR) is 117 cm³/mol. The average Bonchev–Trinajstić information content (AvgIpc) is 2.74. The number of ether oxygens (including phenoxy) is 2. The molecule has 2 rings (SSSR count). The summed E-state index contributed by atoms with van der Waals surface area (Å²) in [5.41, 5.74) is 0.482. The van der Waals surface area contributed by atoms with Crippen molar-refractivity contribution in [1.29, 1.82) is 0 Å². The van der Waals surface area contributed by atoms with Gasteiger partial charge in [-0.05, 0) is 44.2 Å². The molecule has 1 amide bonds. The maximum absolute atomic E-state index is 12.1. The number of carbonyl (C=O) groups excluding carboxylic acids is 1. The van der Waals surface area contributed by atoms with Gasteiger partial charge in [0.1, 0.15) is 0 Å². The minimum atomic E-state index is -0.180. The van der Waals surface area contributed by atoms with Crippen LogP contribution in [0.5, 0.6) is 0 Å². The Morgan fingerprint density at radius 1 is 1.21 bits per heavy atom. The second-order valence-corrected chi connectivity index (χ2v) is 7.31. The Morgan fingerprint density at radius 3 is 2.72 bits per heavy atom. The van der Waals surface area contributed by atoms with E-state index in [0.29, 0.717) is 42.7 Å². The second kappa shape index (κ2) is 14.2. The van der Waals surface area contributed by atoms with Crippen LogP contribution >= 0.6 is 11.6 Å². The van der Waals surface area contributed by atoms with E-state index in [0.717, 1.165) is 51.6 Å². The summed E-state index contributed by atoms with van der Waals surface area (Å²) in [5, 5.41) is 9.73. The number of amides is 1. The van der Waals surface area contributed by atoms with E-state index < -0.39 is 0 Å². The van der Waals surface area contributed by atoms with Gasteiger partial charge in [-0.3, -0.25) is 9.79 Å². The van der Waals surface area contributed by atoms with Gasteiger partial charge in [0.25, 0.3) is 5.91 Å². The first kappa shape index (κ1) is 23.4. The average molecular weight is 425 g/mol. The molecule has 162 valence electrons. The lowest BCUT2D eigenvalue weighted by molar-refractivity contribution is 0.0205. The van der Waals surface area contributed by atoms with Crippen LogP contribution in [-0.2, 0) is 9.47 Å². The molecule has 3 N–H and O–H groups in total. The Labute approximate surface area is 178 Å². The third kappa shape index (κ3) is 9.47. The van der Waals surface area contributed by atoms with Gasteiger partial charge in [-0.1, -0.05) is 23.7 Å². The largest absolute Gasteiger partial charge is 0.381 e. The lowest BCUT2D eigenvalue weighted by Gasteiger charge is -2.21. The molecule has 1 aliphatic heterocycles. The summed E-state index contributed by atoms with van der Waals surface area (Å²) in [4.78, 5) is 16.7. The minimum absolute atomic E-state index is 0.180. The van der Waals surface area contributed by atoms with E-state index in [-0.39, 0.29) is 5.91 Å². The van der Waals surface area contributed by atoms with E-state index in [9.17, 15) is 4.79 Å². The monoisotopic (exact) mass is 424 g/mol. The van der Waals surface area contributed by atoms with Crippen LogP contribution in [0.4, 0.5) is 0 Å². The first-order chi connectivity index (χ1) is 14.2. The van der Waals surface area contributed by atoms with Crippen LogP contribution in [0.2, 0.25) is 5.02 Å². The van der Waals surface area contributed by atoms with Crippen molar-refractivity contribution >= 4 is 23.5 Å². The molecule has 1 saturated heterocycles. The van der Waals surface area contributed by atoms with Crippen LogP contribution in [0.25, 0.3) is 0 Å². The number of guanidine groups is 1. The van der Waals surface area contributed by atoms with Crippen molar-refractivity contribution in [2.45, 2.75) is 26.2 Å². The fraction of sp³-hybridized carbons (Fsp3) is 0.619. The summed E-state index contributed by atoms with van der Waals surface area (Å²) in [5.74, 6) is 1.19. The number of aliphatic imine (C=N–C) groups is 1. The van der Waals surface area contributed by atoms with Gasteiger partial charge in [0.05, 0.1) is 10.6 Å². The zero-order valence-electron chi connectivity index (χ0n) is 17.2. The molecule has 1 aromatic rings. The van der Waals surface area contributed by atoms with Crippen molar-refractivity contribution < 1.29 is 14.3 Å². The van der Waals surface area contributed by atoms with Gasteiger partial charge >= 0.3 is 0 Å². The quantitative estimate of drug-likeness (QED) is 0.289. The molecule has 1 aliphatic rings. The van der Waals surface area contributed by atoms with Gasteiger partial charge < -0.3 is 25.4 Å². The molecular formula is C21H33ClN4O3. The van der Waals surface area contributed by atoms with Crippen molar-refractivity contribution in [3.63, 3.8) is 0 Å². The summed E-state index contributed by atoms with van der Waals surface area (Å²) in [6, 6.07) is 7.01. The second-order valence-electron chi connectivity index (χ2n) is 6.91. The summed E-state index contributed by atoms with van der Waals surface area (Å²) < 4.78 is 11.1. The molecule has 0 bridgehead atoms. The Kier molecular flexibility index (Phi) is 11.5. The van der Waals surface area contributed by atoms with Gasteiger partial charge in [-0.2, -0.15) is 0 Å². The number of halogens is 1. The van der Waals surface area contributed by atoms with Crippen LogP contribution in [0.15, 0.2) is 29.3 Å². The van der Waals surface area contributed by atoms with Crippen molar-refractivity contribution in [3.05, 3.63) is 34.9 Å². The van der Waals surface area contributed by atoms with Crippen LogP contribution in [0.3, 0.4) is 0 Å². The summed E-state index contributed by atoms with van der Waals surface area (Å²) in [7, 11) is 0. The van der Waals surface area contributed by atoms with Gasteiger partial charge in [0.2, 0.25) is 0 Å². The molecule has 1 heterocycles. The normalized spacial score (nSPS) is 15.2. The molecule has 0 saturated carbocycles. The molecule has 0 atom stereocenters. The Balaban J connectivity index is 1.59. The SMILES string of the molecule is CCNC(=NCCCOCC1CCOCC1)NCCNC(=O)c1ccccc1Cl. The highest BCUT2D eigenvalue weighted by molar-refractivity contribution is 6.33. The molecule has 0 aromatic heterocycles. The molecule has 7 nitrogen and oxygen atoms in total. The molecular weight excluding hydrogens is 392 g/mol. The number of nitrogens with zero attached hydrogens (tertiary/aromatic N) is 1. The fourth-order valence-corrected chi connectivity index (χ4v) is 3.18. The number of benzene rings is 1. The first-order valence-corrected chi connectivity index (χ1v) is 10.8. The van der Waals surface area contributed by atoms with Crippen LogP contribution in [0.1, 0.15) is 36.5 Å². The van der Waals surface area contributed by atoms with Crippen LogP contribution < -0.4 is 16.0 Å². The number of rotatable bonds is 11. The highest BCUT2D eigenvalue weighted by Gasteiger charge is 2.13. The predicted octanol–water partition coefficient (Wildman–Crippen LogP) is 2.46. The molecule has 29 heavy (non-hydrogen) atoms. The first-order valence-electron chi connectivity index (χ1n) is 10.4. The van der Waals surface area contributed by atoms with Gasteiger partial charge in [0, 0.05) is 52.6 Å². The van der Waals surface area contributed by atoms with E-state index in [1.807, 2.05) is 6.92 Å².